The number of benzene rings is 1. The number of aromatic nitrogens is 1. The molecule has 0 bridgehead atoms. The molecule has 120 valence electrons. The highest BCUT2D eigenvalue weighted by molar-refractivity contribution is 9.10. The molecule has 0 spiro atoms. The lowest BCUT2D eigenvalue weighted by Gasteiger charge is -2.20. The molecule has 1 aromatic heterocycles. The van der Waals surface area contributed by atoms with Gasteiger partial charge in [-0.1, -0.05) is 26.0 Å². The van der Waals surface area contributed by atoms with Crippen LogP contribution in [0.15, 0.2) is 47.1 Å². The second kappa shape index (κ2) is 7.32. The molecule has 1 heterocycles. The fourth-order valence-corrected chi connectivity index (χ4v) is 2.53. The van der Waals surface area contributed by atoms with E-state index in [9.17, 15) is 14.9 Å². The van der Waals surface area contributed by atoms with Gasteiger partial charge in [0.1, 0.15) is 5.82 Å². The highest BCUT2D eigenvalue weighted by Crippen LogP contribution is 2.27. The molecular weight excluding hydrogens is 362 g/mol. The van der Waals surface area contributed by atoms with Gasteiger partial charge in [0, 0.05) is 22.8 Å². The summed E-state index contributed by atoms with van der Waals surface area (Å²) in [6, 6.07) is 9.56. The number of carbonyl (C=O) groups excluding carboxylic acids is 1. The van der Waals surface area contributed by atoms with Crippen molar-refractivity contribution in [2.24, 2.45) is 5.92 Å². The van der Waals surface area contributed by atoms with Gasteiger partial charge in [0.25, 0.3) is 5.69 Å². The van der Waals surface area contributed by atoms with Crippen molar-refractivity contribution < 1.29 is 9.72 Å². The minimum atomic E-state index is -0.458. The number of pyridine rings is 1. The van der Waals surface area contributed by atoms with Crippen LogP contribution in [0.25, 0.3) is 0 Å². The molecule has 0 fully saturated rings. The maximum absolute atomic E-state index is 12.6. The van der Waals surface area contributed by atoms with Gasteiger partial charge in [-0.3, -0.25) is 14.9 Å². The Bertz CT molecular complexity index is 700. The van der Waals surface area contributed by atoms with E-state index < -0.39 is 10.8 Å². The summed E-state index contributed by atoms with van der Waals surface area (Å²) in [6.07, 6.45) is 1.60. The van der Waals surface area contributed by atoms with Crippen molar-refractivity contribution in [1.29, 1.82) is 0 Å². The molecule has 0 radical (unpaired) electrons. The van der Waals surface area contributed by atoms with E-state index in [1.165, 1.54) is 12.1 Å². The smallest absolute Gasteiger partial charge is 0.269 e. The monoisotopic (exact) mass is 377 g/mol. The fraction of sp³-hybridized carbons (Fsp3) is 0.250. The molecule has 1 unspecified atom stereocenters. The number of nitrogens with one attached hydrogen (secondary N) is 1. The van der Waals surface area contributed by atoms with Crippen molar-refractivity contribution >= 4 is 33.3 Å². The van der Waals surface area contributed by atoms with Crippen LogP contribution in [0.2, 0.25) is 0 Å². The van der Waals surface area contributed by atoms with Gasteiger partial charge >= 0.3 is 0 Å². The number of nitro benzene ring substituents is 1. The predicted molar refractivity (Wildman–Crippen MR) is 91.2 cm³/mol. The largest absolute Gasteiger partial charge is 0.310 e. The molecule has 2 aromatic rings. The summed E-state index contributed by atoms with van der Waals surface area (Å²) in [5.74, 6) is -0.109. The molecule has 2 rings (SSSR count). The number of halogens is 1. The van der Waals surface area contributed by atoms with Gasteiger partial charge in [-0.05, 0) is 39.5 Å². The molecule has 0 aliphatic heterocycles. The van der Waals surface area contributed by atoms with Crippen molar-refractivity contribution in [1.82, 2.24) is 4.98 Å². The highest BCUT2D eigenvalue weighted by Gasteiger charge is 2.25. The van der Waals surface area contributed by atoms with E-state index in [4.69, 9.17) is 0 Å². The Balaban J connectivity index is 2.21. The summed E-state index contributed by atoms with van der Waals surface area (Å²) in [5.41, 5.74) is 0.742. The van der Waals surface area contributed by atoms with Gasteiger partial charge in [-0.15, -0.1) is 0 Å². The van der Waals surface area contributed by atoms with E-state index in [0.717, 1.165) is 10.0 Å². The first-order valence-electron chi connectivity index (χ1n) is 7.05. The summed E-state index contributed by atoms with van der Waals surface area (Å²) in [4.78, 5) is 27.0. The minimum absolute atomic E-state index is 0.00578. The molecule has 0 saturated carbocycles. The summed E-state index contributed by atoms with van der Waals surface area (Å²) in [5, 5.41) is 13.5. The number of carbonyl (C=O) groups is 1. The van der Waals surface area contributed by atoms with Gasteiger partial charge < -0.3 is 5.32 Å². The molecule has 0 saturated heterocycles. The zero-order valence-electron chi connectivity index (χ0n) is 12.7. The molecule has 1 aromatic carbocycles. The number of rotatable bonds is 5. The first kappa shape index (κ1) is 17.1. The lowest BCUT2D eigenvalue weighted by atomic mass is 9.87. The standard InChI is InChI=1S/C16H16BrN3O3/c1-10(2)15(11-3-6-13(7-4-11)20(22)23)16(21)19-14-8-5-12(17)9-18-14/h3-10,15H,1-2H3,(H,18,19,21). The normalized spacial score (nSPS) is 12.0. The Morgan fingerprint density at radius 2 is 1.87 bits per heavy atom. The Morgan fingerprint density at radius 3 is 2.35 bits per heavy atom. The SMILES string of the molecule is CC(C)C(C(=O)Nc1ccc(Br)cn1)c1ccc([N+](=O)[O-])cc1. The molecule has 1 amide bonds. The minimum Gasteiger partial charge on any atom is -0.310 e. The summed E-state index contributed by atoms with van der Waals surface area (Å²) < 4.78 is 0.825. The number of anilines is 1. The van der Waals surface area contributed by atoms with Crippen LogP contribution in [0, 0.1) is 16.0 Å². The summed E-state index contributed by atoms with van der Waals surface area (Å²) in [6.45, 7) is 3.86. The summed E-state index contributed by atoms with van der Waals surface area (Å²) in [7, 11) is 0. The molecule has 1 N–H and O–H groups in total. The zero-order valence-corrected chi connectivity index (χ0v) is 14.3. The predicted octanol–water partition coefficient (Wildman–Crippen LogP) is 4.13. The van der Waals surface area contributed by atoms with Crippen LogP contribution in [-0.2, 0) is 4.79 Å². The molecule has 7 heteroatoms. The first-order valence-corrected chi connectivity index (χ1v) is 7.84. The zero-order chi connectivity index (χ0) is 17.0. The maximum Gasteiger partial charge on any atom is 0.269 e. The average molecular weight is 378 g/mol. The Kier molecular flexibility index (Phi) is 5.44. The third-order valence-corrected chi connectivity index (χ3v) is 3.86. The summed E-state index contributed by atoms with van der Waals surface area (Å²) >= 11 is 3.29. The van der Waals surface area contributed by atoms with Crippen LogP contribution < -0.4 is 5.32 Å². The van der Waals surface area contributed by atoms with Crippen molar-refractivity contribution in [3.05, 3.63) is 62.7 Å². The van der Waals surface area contributed by atoms with Crippen LogP contribution in [0.5, 0.6) is 0 Å². The lowest BCUT2D eigenvalue weighted by Crippen LogP contribution is -2.25. The van der Waals surface area contributed by atoms with Crippen LogP contribution in [0.3, 0.4) is 0 Å². The second-order valence-electron chi connectivity index (χ2n) is 5.42. The van der Waals surface area contributed by atoms with E-state index in [2.05, 4.69) is 26.2 Å². The topological polar surface area (TPSA) is 85.1 Å². The number of hydrogen-bond acceptors (Lipinski definition) is 4. The van der Waals surface area contributed by atoms with Crippen LogP contribution in [0.4, 0.5) is 11.5 Å². The third kappa shape index (κ3) is 4.35. The number of nitrogens with zero attached hydrogens (tertiary/aromatic N) is 2. The number of hydrogen-bond donors (Lipinski definition) is 1. The third-order valence-electron chi connectivity index (χ3n) is 3.39. The van der Waals surface area contributed by atoms with E-state index in [1.807, 2.05) is 13.8 Å². The second-order valence-corrected chi connectivity index (χ2v) is 6.34. The first-order chi connectivity index (χ1) is 10.9. The molecule has 0 aliphatic carbocycles. The van der Waals surface area contributed by atoms with Gasteiger partial charge in [0.15, 0.2) is 0 Å². The van der Waals surface area contributed by atoms with Crippen LogP contribution in [0.1, 0.15) is 25.3 Å². The van der Waals surface area contributed by atoms with Crippen LogP contribution >= 0.6 is 15.9 Å². The molecular formula is C16H16BrN3O3. The quantitative estimate of drug-likeness (QED) is 0.626. The van der Waals surface area contributed by atoms with E-state index >= 15 is 0 Å². The Hall–Kier alpha value is -2.28. The molecule has 0 aliphatic rings. The molecule has 23 heavy (non-hydrogen) atoms. The Labute approximate surface area is 142 Å². The molecule has 1 atom stereocenters. The van der Waals surface area contributed by atoms with Gasteiger partial charge in [0.2, 0.25) is 5.91 Å². The number of amides is 1. The van der Waals surface area contributed by atoms with Crippen LogP contribution in [-0.4, -0.2) is 15.8 Å². The van der Waals surface area contributed by atoms with Crippen molar-refractivity contribution in [3.63, 3.8) is 0 Å². The van der Waals surface area contributed by atoms with Crippen molar-refractivity contribution in [3.8, 4) is 0 Å². The number of non-ortho nitro benzene ring substituents is 1. The fourth-order valence-electron chi connectivity index (χ4n) is 2.30. The lowest BCUT2D eigenvalue weighted by molar-refractivity contribution is -0.384. The average Bonchev–Trinajstić information content (AvgIpc) is 2.50. The van der Waals surface area contributed by atoms with Gasteiger partial charge in [-0.25, -0.2) is 4.98 Å². The van der Waals surface area contributed by atoms with Crippen molar-refractivity contribution in [2.75, 3.05) is 5.32 Å². The van der Waals surface area contributed by atoms with E-state index in [0.29, 0.717) is 5.82 Å². The van der Waals surface area contributed by atoms with E-state index in [1.54, 1.807) is 30.5 Å². The Morgan fingerprint density at radius 1 is 1.22 bits per heavy atom. The molecule has 6 nitrogen and oxygen atoms in total. The number of nitro groups is 1. The van der Waals surface area contributed by atoms with Crippen molar-refractivity contribution in [2.45, 2.75) is 19.8 Å². The van der Waals surface area contributed by atoms with Gasteiger partial charge in [-0.2, -0.15) is 0 Å². The van der Waals surface area contributed by atoms with Gasteiger partial charge in [0.05, 0.1) is 10.8 Å². The maximum atomic E-state index is 12.6. The highest BCUT2D eigenvalue weighted by atomic mass is 79.9. The van der Waals surface area contributed by atoms with E-state index in [-0.39, 0.29) is 17.5 Å².